The van der Waals surface area contributed by atoms with Gasteiger partial charge in [-0.05, 0) is 38.3 Å². The highest BCUT2D eigenvalue weighted by Crippen LogP contribution is 2.53. The Bertz CT molecular complexity index is 987. The molecule has 1 amide bonds. The lowest BCUT2D eigenvalue weighted by atomic mass is 9.55. The fourth-order valence-corrected chi connectivity index (χ4v) is 4.99. The van der Waals surface area contributed by atoms with Crippen LogP contribution in [0.5, 0.6) is 0 Å². The smallest absolute Gasteiger partial charge is 0.329 e. The van der Waals surface area contributed by atoms with Crippen LogP contribution in [0.2, 0.25) is 0 Å². The molecule has 4 rings (SSSR count). The van der Waals surface area contributed by atoms with E-state index in [1.165, 1.54) is 6.42 Å². The number of carbonyl (C=O) groups excluding carboxylic acids is 1. The van der Waals surface area contributed by atoms with Crippen LogP contribution < -0.4 is 16.6 Å². The van der Waals surface area contributed by atoms with Crippen molar-refractivity contribution in [1.82, 2.24) is 14.9 Å². The average molecular weight is 385 g/mol. The summed E-state index contributed by atoms with van der Waals surface area (Å²) in [6.07, 6.45) is 6.62. The van der Waals surface area contributed by atoms with Gasteiger partial charge in [-0.25, -0.2) is 4.79 Å². The van der Waals surface area contributed by atoms with E-state index in [2.05, 4.69) is 10.3 Å². The van der Waals surface area contributed by atoms with Crippen LogP contribution in [0, 0.1) is 5.41 Å². The normalized spacial score (nSPS) is 23.5. The molecule has 2 aliphatic rings. The lowest BCUT2D eigenvalue weighted by Crippen LogP contribution is -2.65. The molecule has 7 nitrogen and oxygen atoms in total. The Morgan fingerprint density at radius 1 is 1.25 bits per heavy atom. The Morgan fingerprint density at radius 2 is 2.00 bits per heavy atom. The zero-order valence-electron chi connectivity index (χ0n) is 16.2. The highest BCUT2D eigenvalue weighted by Gasteiger charge is 2.56. The number of benzene rings is 1. The van der Waals surface area contributed by atoms with Gasteiger partial charge in [0.1, 0.15) is 6.54 Å². The SMILES string of the molecule is CCOC1CC(NC(=O)Cn2c(=O)[nH]c3ccccc3c2=O)C12CCCCC2. The van der Waals surface area contributed by atoms with E-state index in [0.717, 1.165) is 36.7 Å². The number of amides is 1. The minimum Gasteiger partial charge on any atom is -0.378 e. The molecule has 28 heavy (non-hydrogen) atoms. The molecule has 0 saturated heterocycles. The van der Waals surface area contributed by atoms with E-state index < -0.39 is 11.2 Å². The van der Waals surface area contributed by atoms with E-state index in [-0.39, 0.29) is 30.0 Å². The molecule has 2 aliphatic carbocycles. The summed E-state index contributed by atoms with van der Waals surface area (Å²) < 4.78 is 6.90. The van der Waals surface area contributed by atoms with Gasteiger partial charge in [0.05, 0.1) is 17.0 Å². The molecule has 150 valence electrons. The van der Waals surface area contributed by atoms with E-state index >= 15 is 0 Å². The molecule has 2 fully saturated rings. The summed E-state index contributed by atoms with van der Waals surface area (Å²) in [5.41, 5.74) is -0.520. The lowest BCUT2D eigenvalue weighted by molar-refractivity contribution is -0.157. The molecule has 2 atom stereocenters. The van der Waals surface area contributed by atoms with Crippen LogP contribution in [-0.4, -0.2) is 34.2 Å². The molecular weight excluding hydrogens is 358 g/mol. The Balaban J connectivity index is 1.51. The van der Waals surface area contributed by atoms with Gasteiger partial charge in [-0.15, -0.1) is 0 Å². The summed E-state index contributed by atoms with van der Waals surface area (Å²) in [6, 6.07) is 6.87. The monoisotopic (exact) mass is 385 g/mol. The standard InChI is InChI=1S/C21H27N3O4/c1-2-28-17-12-16(21(17)10-6-3-7-11-21)23-18(25)13-24-19(26)14-8-4-5-9-15(14)22-20(24)27/h4-5,8-9,16-17H,2-3,6-7,10-13H2,1H3,(H,22,27)(H,23,25). The van der Waals surface area contributed by atoms with E-state index in [9.17, 15) is 14.4 Å². The topological polar surface area (TPSA) is 93.2 Å². The van der Waals surface area contributed by atoms with E-state index in [1.54, 1.807) is 24.3 Å². The zero-order chi connectivity index (χ0) is 19.7. The van der Waals surface area contributed by atoms with Gasteiger partial charge in [-0.3, -0.25) is 14.2 Å². The Hall–Kier alpha value is -2.41. The maximum absolute atomic E-state index is 12.7. The molecule has 1 aromatic heterocycles. The lowest BCUT2D eigenvalue weighted by Gasteiger charge is -2.57. The Morgan fingerprint density at radius 3 is 2.75 bits per heavy atom. The molecule has 2 aromatic rings. The molecule has 7 heteroatoms. The van der Waals surface area contributed by atoms with Crippen molar-refractivity contribution in [3.63, 3.8) is 0 Å². The first-order chi connectivity index (χ1) is 13.5. The van der Waals surface area contributed by atoms with Crippen LogP contribution in [-0.2, 0) is 16.1 Å². The second-order valence-corrected chi connectivity index (χ2v) is 7.96. The predicted molar refractivity (Wildman–Crippen MR) is 106 cm³/mol. The van der Waals surface area contributed by atoms with E-state index in [1.807, 2.05) is 6.92 Å². The number of hydrogen-bond donors (Lipinski definition) is 2. The molecular formula is C21H27N3O4. The number of aromatic nitrogens is 2. The highest BCUT2D eigenvalue weighted by molar-refractivity contribution is 5.79. The fourth-order valence-electron chi connectivity index (χ4n) is 4.99. The first-order valence-electron chi connectivity index (χ1n) is 10.2. The average Bonchev–Trinajstić information content (AvgIpc) is 2.71. The first-order valence-corrected chi connectivity index (χ1v) is 10.2. The quantitative estimate of drug-likeness (QED) is 0.823. The molecule has 1 spiro atoms. The van der Waals surface area contributed by atoms with Gasteiger partial charge in [-0.2, -0.15) is 0 Å². The predicted octanol–water partition coefficient (Wildman–Crippen LogP) is 1.93. The number of carbonyl (C=O) groups is 1. The van der Waals surface area contributed by atoms with Crippen molar-refractivity contribution in [2.75, 3.05) is 6.61 Å². The van der Waals surface area contributed by atoms with Gasteiger partial charge >= 0.3 is 5.69 Å². The van der Waals surface area contributed by atoms with Crippen molar-refractivity contribution in [3.8, 4) is 0 Å². The summed E-state index contributed by atoms with van der Waals surface area (Å²) in [6.45, 7) is 2.40. The van der Waals surface area contributed by atoms with Gasteiger partial charge in [0.25, 0.3) is 5.56 Å². The largest absolute Gasteiger partial charge is 0.378 e. The van der Waals surface area contributed by atoms with Crippen molar-refractivity contribution in [2.24, 2.45) is 5.41 Å². The molecule has 0 aliphatic heterocycles. The molecule has 1 aromatic carbocycles. The van der Waals surface area contributed by atoms with Gasteiger partial charge in [0, 0.05) is 18.1 Å². The van der Waals surface area contributed by atoms with Crippen molar-refractivity contribution < 1.29 is 9.53 Å². The zero-order valence-corrected chi connectivity index (χ0v) is 16.2. The number of nitrogens with zero attached hydrogens (tertiary/aromatic N) is 1. The summed E-state index contributed by atoms with van der Waals surface area (Å²) in [4.78, 5) is 40.3. The van der Waals surface area contributed by atoms with Gasteiger partial charge in [-0.1, -0.05) is 31.4 Å². The molecule has 2 N–H and O–H groups in total. The summed E-state index contributed by atoms with van der Waals surface area (Å²) in [7, 11) is 0. The van der Waals surface area contributed by atoms with Gasteiger partial charge in [0.15, 0.2) is 0 Å². The summed E-state index contributed by atoms with van der Waals surface area (Å²) in [5, 5.41) is 3.49. The molecule has 2 unspecified atom stereocenters. The number of nitrogens with one attached hydrogen (secondary N) is 2. The van der Waals surface area contributed by atoms with Crippen LogP contribution in [0.4, 0.5) is 0 Å². The number of aromatic amines is 1. The maximum Gasteiger partial charge on any atom is 0.329 e. The van der Waals surface area contributed by atoms with E-state index in [0.29, 0.717) is 17.5 Å². The van der Waals surface area contributed by atoms with Crippen LogP contribution in [0.3, 0.4) is 0 Å². The number of rotatable bonds is 5. The Kier molecular flexibility index (Phi) is 5.10. The highest BCUT2D eigenvalue weighted by atomic mass is 16.5. The third-order valence-corrected chi connectivity index (χ3v) is 6.46. The molecule has 1 heterocycles. The van der Waals surface area contributed by atoms with Crippen LogP contribution in [0.15, 0.2) is 33.9 Å². The molecule has 0 radical (unpaired) electrons. The van der Waals surface area contributed by atoms with E-state index in [4.69, 9.17) is 4.74 Å². The second-order valence-electron chi connectivity index (χ2n) is 7.96. The number of para-hydroxylation sites is 1. The first kappa shape index (κ1) is 18.9. The fraction of sp³-hybridized carbons (Fsp3) is 0.571. The van der Waals surface area contributed by atoms with Crippen molar-refractivity contribution in [2.45, 2.75) is 64.1 Å². The third-order valence-electron chi connectivity index (χ3n) is 6.46. The van der Waals surface area contributed by atoms with Gasteiger partial charge < -0.3 is 15.0 Å². The van der Waals surface area contributed by atoms with Crippen molar-refractivity contribution in [3.05, 3.63) is 45.1 Å². The third kappa shape index (κ3) is 3.17. The minimum absolute atomic E-state index is 0.00465. The van der Waals surface area contributed by atoms with Crippen LogP contribution in [0.1, 0.15) is 45.4 Å². The van der Waals surface area contributed by atoms with Crippen LogP contribution in [0.25, 0.3) is 10.9 Å². The minimum atomic E-state index is -0.563. The Labute approximate surface area is 163 Å². The number of ether oxygens (including phenoxy) is 1. The summed E-state index contributed by atoms with van der Waals surface area (Å²) >= 11 is 0. The maximum atomic E-state index is 12.7. The number of hydrogen-bond acceptors (Lipinski definition) is 4. The van der Waals surface area contributed by atoms with Gasteiger partial charge in [0.2, 0.25) is 5.91 Å². The van der Waals surface area contributed by atoms with Crippen LogP contribution >= 0.6 is 0 Å². The van der Waals surface area contributed by atoms with Crippen molar-refractivity contribution >= 4 is 16.8 Å². The molecule has 0 bridgehead atoms. The summed E-state index contributed by atoms with van der Waals surface area (Å²) in [5.74, 6) is -0.298. The second kappa shape index (κ2) is 7.54. The molecule has 2 saturated carbocycles. The number of fused-ring (bicyclic) bond motifs is 1. The number of H-pyrrole nitrogens is 1. The van der Waals surface area contributed by atoms with Crippen molar-refractivity contribution in [1.29, 1.82) is 0 Å².